The number of fused-ring (bicyclic) bond motifs is 2. The maximum Gasteiger partial charge on any atom is 0.162 e. The normalized spacial score (nSPS) is 30.5. The van der Waals surface area contributed by atoms with Crippen molar-refractivity contribution in [3.8, 4) is 0 Å². The molecular weight excluding hydrogens is 174 g/mol. The first-order valence-corrected chi connectivity index (χ1v) is 5.43. The minimum atomic E-state index is 0.400. The van der Waals surface area contributed by atoms with Gasteiger partial charge in [0.2, 0.25) is 0 Å². The van der Waals surface area contributed by atoms with Crippen LogP contribution in [0.25, 0.3) is 6.08 Å². The van der Waals surface area contributed by atoms with Crippen molar-refractivity contribution >= 4 is 6.08 Å². The van der Waals surface area contributed by atoms with E-state index in [0.29, 0.717) is 5.41 Å². The lowest BCUT2D eigenvalue weighted by molar-refractivity contribution is 0.296. The van der Waals surface area contributed by atoms with E-state index in [0.717, 1.165) is 12.2 Å². The van der Waals surface area contributed by atoms with Crippen LogP contribution in [0, 0.1) is 5.41 Å². The maximum atomic E-state index is 5.22. The molecule has 2 heteroatoms. The van der Waals surface area contributed by atoms with E-state index in [1.54, 1.807) is 5.57 Å². The van der Waals surface area contributed by atoms with Crippen LogP contribution in [0.1, 0.15) is 43.9 Å². The number of aromatic nitrogens is 1. The Balaban J connectivity index is 2.08. The first-order valence-electron chi connectivity index (χ1n) is 5.43. The Morgan fingerprint density at radius 3 is 3.29 bits per heavy atom. The molecule has 0 bridgehead atoms. The Morgan fingerprint density at radius 1 is 1.43 bits per heavy atom. The van der Waals surface area contributed by atoms with E-state index in [2.05, 4.69) is 18.2 Å². The monoisotopic (exact) mass is 189 g/mol. The molecule has 0 unspecified atom stereocenters. The van der Waals surface area contributed by atoms with Gasteiger partial charge in [0, 0.05) is 5.56 Å². The molecule has 74 valence electrons. The lowest BCUT2D eigenvalue weighted by Crippen LogP contribution is -2.28. The Hall–Kier alpha value is -1.05. The third-order valence-electron chi connectivity index (χ3n) is 3.76. The van der Waals surface area contributed by atoms with Crippen molar-refractivity contribution in [1.82, 2.24) is 5.16 Å². The van der Waals surface area contributed by atoms with Gasteiger partial charge in [0.15, 0.2) is 5.76 Å². The summed E-state index contributed by atoms with van der Waals surface area (Å²) in [4.78, 5) is 0. The van der Waals surface area contributed by atoms with Gasteiger partial charge in [-0.05, 0) is 37.2 Å². The fourth-order valence-electron chi connectivity index (χ4n) is 2.84. The van der Waals surface area contributed by atoms with E-state index in [4.69, 9.17) is 4.52 Å². The average molecular weight is 189 g/mol. The molecule has 14 heavy (non-hydrogen) atoms. The largest absolute Gasteiger partial charge is 0.357 e. The topological polar surface area (TPSA) is 26.0 Å². The molecule has 0 amide bonds. The zero-order valence-electron chi connectivity index (χ0n) is 8.55. The second-order valence-electron chi connectivity index (χ2n) is 4.83. The fourth-order valence-corrected chi connectivity index (χ4v) is 2.84. The summed E-state index contributed by atoms with van der Waals surface area (Å²) < 4.78 is 5.22. The quantitative estimate of drug-likeness (QED) is 0.626. The Labute approximate surface area is 84.0 Å². The van der Waals surface area contributed by atoms with Gasteiger partial charge in [0.25, 0.3) is 0 Å². The summed E-state index contributed by atoms with van der Waals surface area (Å²) in [6.45, 7) is 2.38. The molecule has 1 aromatic rings. The van der Waals surface area contributed by atoms with Crippen molar-refractivity contribution in [2.75, 3.05) is 0 Å². The minimum Gasteiger partial charge on any atom is -0.357 e. The molecule has 2 aliphatic rings. The molecule has 1 atom stereocenters. The van der Waals surface area contributed by atoms with E-state index in [1.165, 1.54) is 31.2 Å². The Morgan fingerprint density at radius 2 is 2.36 bits per heavy atom. The highest BCUT2D eigenvalue weighted by Crippen LogP contribution is 2.47. The van der Waals surface area contributed by atoms with Crippen molar-refractivity contribution in [3.63, 3.8) is 0 Å². The standard InChI is InChI=1S/C12H15NO/c1-12-5-3-2-4-10(12)6-11-9(7-12)8-13-14-11/h6,8H,2-5,7H2,1H3/t12-/m1/s1. The van der Waals surface area contributed by atoms with Crippen LogP contribution in [0.4, 0.5) is 0 Å². The predicted molar refractivity (Wildman–Crippen MR) is 54.8 cm³/mol. The van der Waals surface area contributed by atoms with E-state index in [1.807, 2.05) is 6.20 Å². The molecule has 0 N–H and O–H groups in total. The van der Waals surface area contributed by atoms with Crippen molar-refractivity contribution < 1.29 is 4.52 Å². The zero-order chi connectivity index (χ0) is 9.60. The van der Waals surface area contributed by atoms with Gasteiger partial charge >= 0.3 is 0 Å². The van der Waals surface area contributed by atoms with Crippen molar-refractivity contribution in [1.29, 1.82) is 0 Å². The van der Waals surface area contributed by atoms with Crippen LogP contribution >= 0.6 is 0 Å². The molecule has 0 aliphatic heterocycles. The molecule has 0 spiro atoms. The van der Waals surface area contributed by atoms with Crippen LogP contribution < -0.4 is 0 Å². The second kappa shape index (κ2) is 2.72. The van der Waals surface area contributed by atoms with Crippen LogP contribution in [-0.2, 0) is 6.42 Å². The summed E-state index contributed by atoms with van der Waals surface area (Å²) in [5, 5.41) is 3.87. The summed E-state index contributed by atoms with van der Waals surface area (Å²) >= 11 is 0. The summed E-state index contributed by atoms with van der Waals surface area (Å²) in [5.74, 6) is 0.999. The second-order valence-corrected chi connectivity index (χ2v) is 4.83. The van der Waals surface area contributed by atoms with Crippen molar-refractivity contribution in [2.24, 2.45) is 5.41 Å². The number of allylic oxidation sites excluding steroid dienone is 1. The molecule has 0 radical (unpaired) electrons. The highest BCUT2D eigenvalue weighted by molar-refractivity contribution is 5.56. The van der Waals surface area contributed by atoms with Gasteiger partial charge in [-0.2, -0.15) is 0 Å². The summed E-state index contributed by atoms with van der Waals surface area (Å²) in [6.07, 6.45) is 10.5. The van der Waals surface area contributed by atoms with E-state index in [-0.39, 0.29) is 0 Å². The van der Waals surface area contributed by atoms with Gasteiger partial charge in [0.1, 0.15) is 0 Å². The molecule has 1 heterocycles. The van der Waals surface area contributed by atoms with Gasteiger partial charge in [0.05, 0.1) is 6.20 Å². The third kappa shape index (κ3) is 1.06. The molecular formula is C12H15NO. The van der Waals surface area contributed by atoms with Gasteiger partial charge in [-0.3, -0.25) is 0 Å². The molecule has 1 fully saturated rings. The van der Waals surface area contributed by atoms with E-state index < -0.39 is 0 Å². The first kappa shape index (κ1) is 8.27. The lowest BCUT2D eigenvalue weighted by Gasteiger charge is -2.38. The Bertz CT molecular complexity index is 391. The highest BCUT2D eigenvalue weighted by Gasteiger charge is 2.36. The fraction of sp³-hybridized carbons (Fsp3) is 0.583. The number of rotatable bonds is 0. The molecule has 0 aromatic carbocycles. The highest BCUT2D eigenvalue weighted by atomic mass is 16.5. The molecule has 0 saturated heterocycles. The third-order valence-corrected chi connectivity index (χ3v) is 3.76. The molecule has 2 aliphatic carbocycles. The molecule has 3 rings (SSSR count). The zero-order valence-corrected chi connectivity index (χ0v) is 8.55. The molecule has 1 saturated carbocycles. The smallest absolute Gasteiger partial charge is 0.162 e. The maximum absolute atomic E-state index is 5.22. The van der Waals surface area contributed by atoms with Crippen molar-refractivity contribution in [3.05, 3.63) is 23.1 Å². The number of nitrogens with zero attached hydrogens (tertiary/aromatic N) is 1. The van der Waals surface area contributed by atoms with Crippen LogP contribution in [0.5, 0.6) is 0 Å². The number of hydrogen-bond acceptors (Lipinski definition) is 2. The van der Waals surface area contributed by atoms with Gasteiger partial charge in [-0.25, -0.2) is 0 Å². The number of hydrogen-bond donors (Lipinski definition) is 0. The summed E-state index contributed by atoms with van der Waals surface area (Å²) in [6, 6.07) is 0. The van der Waals surface area contributed by atoms with E-state index in [9.17, 15) is 0 Å². The van der Waals surface area contributed by atoms with Crippen LogP contribution in [0.15, 0.2) is 16.3 Å². The Kier molecular flexibility index (Phi) is 1.61. The van der Waals surface area contributed by atoms with Crippen LogP contribution in [0.2, 0.25) is 0 Å². The van der Waals surface area contributed by atoms with Gasteiger partial charge in [-0.1, -0.05) is 24.1 Å². The van der Waals surface area contributed by atoms with Gasteiger partial charge in [-0.15, -0.1) is 0 Å². The first-order chi connectivity index (χ1) is 6.78. The summed E-state index contributed by atoms with van der Waals surface area (Å²) in [7, 11) is 0. The van der Waals surface area contributed by atoms with Crippen LogP contribution in [0.3, 0.4) is 0 Å². The molecule has 2 nitrogen and oxygen atoms in total. The van der Waals surface area contributed by atoms with Crippen molar-refractivity contribution in [2.45, 2.75) is 39.0 Å². The molecule has 1 aromatic heterocycles. The van der Waals surface area contributed by atoms with Crippen LogP contribution in [-0.4, -0.2) is 5.16 Å². The van der Waals surface area contributed by atoms with E-state index >= 15 is 0 Å². The SMILES string of the molecule is C[C@]12CCCCC1=Cc1oncc1C2. The lowest BCUT2D eigenvalue weighted by atomic mass is 9.66. The average Bonchev–Trinajstić information content (AvgIpc) is 2.59. The van der Waals surface area contributed by atoms with Gasteiger partial charge < -0.3 is 4.52 Å². The minimum absolute atomic E-state index is 0.400. The predicted octanol–water partition coefficient (Wildman–Crippen LogP) is 3.19. The summed E-state index contributed by atoms with van der Waals surface area (Å²) in [5.41, 5.74) is 3.27.